The number of hydrogen-bond donors (Lipinski definition) is 3. The van der Waals surface area contributed by atoms with E-state index in [1.807, 2.05) is 30.3 Å². The van der Waals surface area contributed by atoms with E-state index in [1.54, 1.807) is 0 Å². The fraction of sp³-hybridized carbons (Fsp3) is 0.375. The molecule has 124 valence electrons. The highest BCUT2D eigenvalue weighted by atomic mass is 32.1. The van der Waals surface area contributed by atoms with E-state index >= 15 is 0 Å². The third-order valence-electron chi connectivity index (χ3n) is 4.75. The van der Waals surface area contributed by atoms with Crippen molar-refractivity contribution in [3.63, 3.8) is 0 Å². The Morgan fingerprint density at radius 3 is 2.88 bits per heavy atom. The molecule has 3 amide bonds. The number of anilines is 1. The van der Waals surface area contributed by atoms with Crippen molar-refractivity contribution >= 4 is 28.6 Å². The maximum Gasteiger partial charge on any atom is 0.322 e. The fourth-order valence-corrected chi connectivity index (χ4v) is 4.13. The summed E-state index contributed by atoms with van der Waals surface area (Å²) in [7, 11) is 0. The predicted molar refractivity (Wildman–Crippen MR) is 90.6 cm³/mol. The lowest BCUT2D eigenvalue weighted by atomic mass is 9.87. The zero-order valence-electron chi connectivity index (χ0n) is 12.9. The number of nitrogens with one attached hydrogen (secondary N) is 3. The molecule has 4 rings (SSSR count). The highest BCUT2D eigenvalue weighted by Gasteiger charge is 2.54. The molecule has 1 spiro atoms. The van der Waals surface area contributed by atoms with Crippen LogP contribution in [0.1, 0.15) is 19.3 Å². The number of urea groups is 1. The second-order valence-corrected chi connectivity index (χ2v) is 6.89. The molecule has 0 bridgehead atoms. The van der Waals surface area contributed by atoms with Crippen molar-refractivity contribution in [3.8, 4) is 11.4 Å². The Morgan fingerprint density at radius 2 is 2.12 bits per heavy atom. The maximum atomic E-state index is 12.2. The van der Waals surface area contributed by atoms with Crippen molar-refractivity contribution in [1.82, 2.24) is 20.0 Å². The molecule has 0 unspecified atom stereocenters. The minimum Gasteiger partial charge on any atom is -0.360 e. The zero-order chi connectivity index (χ0) is 16.6. The second kappa shape index (κ2) is 5.86. The van der Waals surface area contributed by atoms with Gasteiger partial charge in [0.2, 0.25) is 5.13 Å². The van der Waals surface area contributed by atoms with E-state index in [1.165, 1.54) is 11.5 Å². The molecule has 0 radical (unpaired) electrons. The van der Waals surface area contributed by atoms with E-state index in [-0.39, 0.29) is 11.8 Å². The van der Waals surface area contributed by atoms with Crippen LogP contribution in [0, 0.1) is 5.92 Å². The van der Waals surface area contributed by atoms with E-state index in [0.29, 0.717) is 18.8 Å². The summed E-state index contributed by atoms with van der Waals surface area (Å²) in [5, 5.41) is 9.19. The molecule has 1 aliphatic carbocycles. The third-order valence-corrected chi connectivity index (χ3v) is 5.42. The average molecular weight is 343 g/mol. The van der Waals surface area contributed by atoms with Gasteiger partial charge in [-0.1, -0.05) is 36.8 Å². The first kappa shape index (κ1) is 15.1. The lowest BCUT2D eigenvalue weighted by molar-refractivity contribution is -0.125. The predicted octanol–water partition coefficient (Wildman–Crippen LogP) is 2.00. The Labute approximate surface area is 143 Å². The van der Waals surface area contributed by atoms with Gasteiger partial charge in [-0.05, 0) is 12.8 Å². The standard InChI is InChI=1S/C16H17N5O2S/c22-13-16(20-14(23)19-13)8-4-7-11(16)9-17-15-18-12(21-24-15)10-5-2-1-3-6-10/h1-3,5-6,11H,4,7-9H2,(H,17,18,21)(H2,19,20,22,23)/t11-,16+/m0/s1. The van der Waals surface area contributed by atoms with Crippen LogP contribution in [0.4, 0.5) is 9.93 Å². The minimum absolute atomic E-state index is 0.0491. The van der Waals surface area contributed by atoms with Crippen LogP contribution in [0.15, 0.2) is 30.3 Å². The van der Waals surface area contributed by atoms with Gasteiger partial charge in [0.15, 0.2) is 5.82 Å². The molecule has 24 heavy (non-hydrogen) atoms. The van der Waals surface area contributed by atoms with Crippen LogP contribution in [0.3, 0.4) is 0 Å². The molecule has 3 N–H and O–H groups in total. The van der Waals surface area contributed by atoms with Gasteiger partial charge in [-0.25, -0.2) is 4.79 Å². The van der Waals surface area contributed by atoms with E-state index in [2.05, 4.69) is 25.3 Å². The van der Waals surface area contributed by atoms with Crippen LogP contribution < -0.4 is 16.0 Å². The molecule has 2 fully saturated rings. The Morgan fingerprint density at radius 1 is 1.29 bits per heavy atom. The third kappa shape index (κ3) is 2.52. The summed E-state index contributed by atoms with van der Waals surface area (Å²) in [6.07, 6.45) is 2.50. The van der Waals surface area contributed by atoms with Gasteiger partial charge in [0.1, 0.15) is 5.54 Å². The number of rotatable bonds is 4. The topological polar surface area (TPSA) is 96.0 Å². The Bertz CT molecular complexity index is 778. The van der Waals surface area contributed by atoms with Crippen molar-refractivity contribution < 1.29 is 9.59 Å². The first-order valence-electron chi connectivity index (χ1n) is 7.94. The highest BCUT2D eigenvalue weighted by Crippen LogP contribution is 2.38. The van der Waals surface area contributed by atoms with Crippen molar-refractivity contribution in [3.05, 3.63) is 30.3 Å². The number of carbonyl (C=O) groups is 2. The normalized spacial score (nSPS) is 25.8. The summed E-state index contributed by atoms with van der Waals surface area (Å²) in [6, 6.07) is 9.40. The number of hydrogen-bond acceptors (Lipinski definition) is 6. The first-order chi connectivity index (χ1) is 11.7. The number of carbonyl (C=O) groups excluding carboxylic acids is 2. The fourth-order valence-electron chi connectivity index (χ4n) is 3.53. The monoisotopic (exact) mass is 343 g/mol. The summed E-state index contributed by atoms with van der Waals surface area (Å²) < 4.78 is 4.37. The van der Waals surface area contributed by atoms with Gasteiger partial charge in [0.05, 0.1) is 0 Å². The molecule has 1 aromatic heterocycles. The lowest BCUT2D eigenvalue weighted by Gasteiger charge is -2.27. The van der Waals surface area contributed by atoms with E-state index in [0.717, 1.165) is 23.5 Å². The van der Waals surface area contributed by atoms with Gasteiger partial charge in [-0.15, -0.1) is 0 Å². The number of nitrogens with zero attached hydrogens (tertiary/aromatic N) is 2. The van der Waals surface area contributed by atoms with Crippen molar-refractivity contribution in [1.29, 1.82) is 0 Å². The van der Waals surface area contributed by atoms with Gasteiger partial charge < -0.3 is 10.6 Å². The van der Waals surface area contributed by atoms with Crippen molar-refractivity contribution in [2.45, 2.75) is 24.8 Å². The largest absolute Gasteiger partial charge is 0.360 e. The molecular weight excluding hydrogens is 326 g/mol. The van der Waals surface area contributed by atoms with E-state index < -0.39 is 11.6 Å². The summed E-state index contributed by atoms with van der Waals surface area (Å²) in [4.78, 5) is 28.2. The van der Waals surface area contributed by atoms with E-state index in [9.17, 15) is 9.59 Å². The van der Waals surface area contributed by atoms with Crippen LogP contribution in [0.5, 0.6) is 0 Å². The summed E-state index contributed by atoms with van der Waals surface area (Å²) in [5.74, 6) is 0.531. The SMILES string of the molecule is O=C1NC(=O)[C@]2(CCC[C@H]2CNc2nc(-c3ccccc3)ns2)N1. The number of amides is 3. The molecular formula is C16H17N5O2S. The molecule has 1 aromatic carbocycles. The summed E-state index contributed by atoms with van der Waals surface area (Å²) >= 11 is 1.30. The molecule has 7 nitrogen and oxygen atoms in total. The van der Waals surface area contributed by atoms with Gasteiger partial charge in [-0.3, -0.25) is 10.1 Å². The molecule has 2 aromatic rings. The second-order valence-electron chi connectivity index (χ2n) is 6.14. The maximum absolute atomic E-state index is 12.2. The van der Waals surface area contributed by atoms with E-state index in [4.69, 9.17) is 0 Å². The highest BCUT2D eigenvalue weighted by molar-refractivity contribution is 7.09. The summed E-state index contributed by atoms with van der Waals surface area (Å²) in [6.45, 7) is 0.580. The van der Waals surface area contributed by atoms with Crippen LogP contribution >= 0.6 is 11.5 Å². The van der Waals surface area contributed by atoms with Gasteiger partial charge in [0.25, 0.3) is 5.91 Å². The van der Waals surface area contributed by atoms with Crippen molar-refractivity contribution in [2.75, 3.05) is 11.9 Å². The van der Waals surface area contributed by atoms with Crippen molar-refractivity contribution in [2.24, 2.45) is 5.92 Å². The minimum atomic E-state index is -0.767. The lowest BCUT2D eigenvalue weighted by Crippen LogP contribution is -2.51. The van der Waals surface area contributed by atoms with Gasteiger partial charge in [-0.2, -0.15) is 9.36 Å². The van der Waals surface area contributed by atoms with Crippen LogP contribution in [-0.4, -0.2) is 33.4 Å². The van der Waals surface area contributed by atoms with Crippen LogP contribution in [-0.2, 0) is 4.79 Å². The molecule has 1 aliphatic heterocycles. The number of aromatic nitrogens is 2. The number of benzene rings is 1. The molecule has 2 aliphatic rings. The smallest absolute Gasteiger partial charge is 0.322 e. The van der Waals surface area contributed by atoms with Gasteiger partial charge >= 0.3 is 6.03 Å². The Hall–Kier alpha value is -2.48. The van der Waals surface area contributed by atoms with Crippen LogP contribution in [0.2, 0.25) is 0 Å². The molecule has 1 saturated heterocycles. The number of imide groups is 1. The first-order valence-corrected chi connectivity index (χ1v) is 8.71. The average Bonchev–Trinajstić information content (AvgIpc) is 3.27. The molecule has 8 heteroatoms. The molecule has 2 heterocycles. The van der Waals surface area contributed by atoms with Crippen LogP contribution in [0.25, 0.3) is 11.4 Å². The molecule has 1 saturated carbocycles. The molecule has 2 atom stereocenters. The summed E-state index contributed by atoms with van der Waals surface area (Å²) in [5.41, 5.74) is 0.207. The quantitative estimate of drug-likeness (QED) is 0.738. The zero-order valence-corrected chi connectivity index (χ0v) is 13.7. The Balaban J connectivity index is 1.45. The Kier molecular flexibility index (Phi) is 3.68. The van der Waals surface area contributed by atoms with Gasteiger partial charge in [0, 0.05) is 29.6 Å².